The summed E-state index contributed by atoms with van der Waals surface area (Å²) < 4.78 is 26.1. The first kappa shape index (κ1) is 20.6. The molecule has 0 saturated carbocycles. The number of carbonyl (C=O) groups excluding carboxylic acids is 1. The van der Waals surface area contributed by atoms with E-state index in [-0.39, 0.29) is 39.1 Å². The second-order valence-corrected chi connectivity index (χ2v) is 8.70. The lowest BCUT2D eigenvalue weighted by Crippen LogP contribution is -2.33. The molecule has 1 aromatic carbocycles. The molecule has 1 N–H and O–H groups in total. The standard InChI is InChI=1S/C17H19Cl2N3O3S/c1-11(2)22(3)26(24,25)14-6-4-12(5-7-14)9-21-17(23)13-8-15(18)16(19)20-10-13/h4-8,10-11H,9H2,1-3H3,(H,21,23). The highest BCUT2D eigenvalue weighted by atomic mass is 35.5. The normalized spacial score (nSPS) is 11.8. The number of amides is 1. The summed E-state index contributed by atoms with van der Waals surface area (Å²) in [5, 5.41) is 3.05. The van der Waals surface area contributed by atoms with Crippen LogP contribution in [0.5, 0.6) is 0 Å². The molecule has 1 aromatic heterocycles. The number of nitrogens with zero attached hydrogens (tertiary/aromatic N) is 2. The van der Waals surface area contributed by atoms with Crippen LogP contribution in [0.25, 0.3) is 0 Å². The largest absolute Gasteiger partial charge is 0.348 e. The molecule has 2 rings (SSSR count). The monoisotopic (exact) mass is 415 g/mol. The van der Waals surface area contributed by atoms with Gasteiger partial charge in [-0.2, -0.15) is 4.31 Å². The maximum Gasteiger partial charge on any atom is 0.253 e. The maximum atomic E-state index is 12.4. The van der Waals surface area contributed by atoms with Crippen LogP contribution in [-0.2, 0) is 16.6 Å². The number of benzene rings is 1. The molecule has 0 bridgehead atoms. The average Bonchev–Trinajstić information content (AvgIpc) is 2.61. The van der Waals surface area contributed by atoms with Gasteiger partial charge in [0.15, 0.2) is 0 Å². The van der Waals surface area contributed by atoms with Gasteiger partial charge in [0, 0.05) is 25.8 Å². The molecule has 0 aliphatic heterocycles. The Labute approximate surface area is 163 Å². The van der Waals surface area contributed by atoms with E-state index in [1.165, 1.54) is 28.7 Å². The smallest absolute Gasteiger partial charge is 0.253 e. The van der Waals surface area contributed by atoms with Gasteiger partial charge in [-0.1, -0.05) is 35.3 Å². The highest BCUT2D eigenvalue weighted by Gasteiger charge is 2.22. The molecule has 0 unspecified atom stereocenters. The van der Waals surface area contributed by atoms with Crippen LogP contribution in [0.15, 0.2) is 41.4 Å². The van der Waals surface area contributed by atoms with Crippen molar-refractivity contribution in [1.82, 2.24) is 14.6 Å². The van der Waals surface area contributed by atoms with Gasteiger partial charge in [-0.15, -0.1) is 0 Å². The maximum absolute atomic E-state index is 12.4. The zero-order chi connectivity index (χ0) is 19.5. The van der Waals surface area contributed by atoms with Crippen molar-refractivity contribution in [3.63, 3.8) is 0 Å². The van der Waals surface area contributed by atoms with Gasteiger partial charge in [0.1, 0.15) is 5.15 Å². The van der Waals surface area contributed by atoms with E-state index >= 15 is 0 Å². The van der Waals surface area contributed by atoms with Crippen LogP contribution in [0.3, 0.4) is 0 Å². The quantitative estimate of drug-likeness (QED) is 0.733. The molecule has 1 heterocycles. The van der Waals surface area contributed by atoms with Crippen molar-refractivity contribution in [1.29, 1.82) is 0 Å². The molecule has 0 atom stereocenters. The SMILES string of the molecule is CC(C)N(C)S(=O)(=O)c1ccc(CNC(=O)c2cnc(Cl)c(Cl)c2)cc1. The first-order valence-electron chi connectivity index (χ1n) is 7.79. The first-order chi connectivity index (χ1) is 12.1. The third-order valence-electron chi connectivity index (χ3n) is 3.84. The number of hydrogen-bond acceptors (Lipinski definition) is 4. The number of carbonyl (C=O) groups is 1. The van der Waals surface area contributed by atoms with Crippen molar-refractivity contribution in [2.45, 2.75) is 31.3 Å². The van der Waals surface area contributed by atoms with E-state index in [4.69, 9.17) is 23.2 Å². The van der Waals surface area contributed by atoms with Crippen molar-refractivity contribution in [3.8, 4) is 0 Å². The van der Waals surface area contributed by atoms with Crippen molar-refractivity contribution < 1.29 is 13.2 Å². The number of pyridine rings is 1. The van der Waals surface area contributed by atoms with Crippen LogP contribution < -0.4 is 5.32 Å². The number of sulfonamides is 1. The van der Waals surface area contributed by atoms with Crippen LogP contribution in [0, 0.1) is 0 Å². The number of rotatable bonds is 6. The third kappa shape index (κ3) is 4.73. The van der Waals surface area contributed by atoms with Gasteiger partial charge < -0.3 is 5.32 Å². The molecule has 0 fully saturated rings. The third-order valence-corrected chi connectivity index (χ3v) is 6.57. The summed E-state index contributed by atoms with van der Waals surface area (Å²) >= 11 is 11.6. The fourth-order valence-electron chi connectivity index (χ4n) is 2.05. The molecule has 0 spiro atoms. The Morgan fingerprint density at radius 1 is 1.23 bits per heavy atom. The highest BCUT2D eigenvalue weighted by molar-refractivity contribution is 7.89. The molecule has 0 radical (unpaired) electrons. The zero-order valence-electron chi connectivity index (χ0n) is 14.5. The van der Waals surface area contributed by atoms with E-state index in [2.05, 4.69) is 10.3 Å². The van der Waals surface area contributed by atoms with Crippen LogP contribution >= 0.6 is 23.2 Å². The average molecular weight is 416 g/mol. The van der Waals surface area contributed by atoms with E-state index < -0.39 is 10.0 Å². The van der Waals surface area contributed by atoms with Crippen LogP contribution in [0.4, 0.5) is 0 Å². The molecule has 0 aliphatic rings. The van der Waals surface area contributed by atoms with Gasteiger partial charge in [-0.05, 0) is 37.6 Å². The van der Waals surface area contributed by atoms with Gasteiger partial charge in [0.25, 0.3) is 5.91 Å². The Hall–Kier alpha value is -1.67. The van der Waals surface area contributed by atoms with Crippen molar-refractivity contribution in [3.05, 3.63) is 57.8 Å². The fraction of sp³-hybridized carbons (Fsp3) is 0.294. The Morgan fingerprint density at radius 2 is 1.85 bits per heavy atom. The topological polar surface area (TPSA) is 79.4 Å². The summed E-state index contributed by atoms with van der Waals surface area (Å²) in [6.07, 6.45) is 1.33. The second kappa shape index (κ2) is 8.35. The molecule has 9 heteroatoms. The number of hydrogen-bond donors (Lipinski definition) is 1. The summed E-state index contributed by atoms with van der Waals surface area (Å²) in [5.74, 6) is -0.354. The van der Waals surface area contributed by atoms with E-state index in [1.54, 1.807) is 33.0 Å². The minimum absolute atomic E-state index is 0.131. The Morgan fingerprint density at radius 3 is 2.38 bits per heavy atom. The van der Waals surface area contributed by atoms with Crippen molar-refractivity contribution in [2.75, 3.05) is 7.05 Å². The Kier molecular flexibility index (Phi) is 6.63. The lowest BCUT2D eigenvalue weighted by molar-refractivity contribution is 0.0950. The van der Waals surface area contributed by atoms with Gasteiger partial charge in [-0.25, -0.2) is 13.4 Å². The molecule has 0 aliphatic carbocycles. The van der Waals surface area contributed by atoms with Crippen LogP contribution in [-0.4, -0.2) is 36.7 Å². The zero-order valence-corrected chi connectivity index (χ0v) is 16.9. The summed E-state index contributed by atoms with van der Waals surface area (Å²) in [7, 11) is -1.99. The molecular formula is C17H19Cl2N3O3S. The minimum atomic E-state index is -3.53. The predicted molar refractivity (Wildman–Crippen MR) is 102 cm³/mol. The van der Waals surface area contributed by atoms with Gasteiger partial charge >= 0.3 is 0 Å². The van der Waals surface area contributed by atoms with Crippen molar-refractivity contribution in [2.24, 2.45) is 0 Å². The van der Waals surface area contributed by atoms with E-state index in [0.717, 1.165) is 5.56 Å². The molecule has 26 heavy (non-hydrogen) atoms. The summed E-state index contributed by atoms with van der Waals surface area (Å²) in [6.45, 7) is 3.85. The lowest BCUT2D eigenvalue weighted by Gasteiger charge is -2.21. The molecular weight excluding hydrogens is 397 g/mol. The molecule has 6 nitrogen and oxygen atoms in total. The number of nitrogens with one attached hydrogen (secondary N) is 1. The minimum Gasteiger partial charge on any atom is -0.348 e. The van der Waals surface area contributed by atoms with Crippen LogP contribution in [0.1, 0.15) is 29.8 Å². The number of halogens is 2. The fourth-order valence-corrected chi connectivity index (χ4v) is 3.69. The van der Waals surface area contributed by atoms with Gasteiger partial charge in [0.2, 0.25) is 10.0 Å². The second-order valence-electron chi connectivity index (χ2n) is 5.94. The number of aromatic nitrogens is 1. The van der Waals surface area contributed by atoms with Crippen LogP contribution in [0.2, 0.25) is 10.2 Å². The lowest BCUT2D eigenvalue weighted by atomic mass is 10.2. The Balaban J connectivity index is 2.05. The molecule has 140 valence electrons. The van der Waals surface area contributed by atoms with E-state index in [9.17, 15) is 13.2 Å². The van der Waals surface area contributed by atoms with E-state index in [0.29, 0.717) is 0 Å². The van der Waals surface area contributed by atoms with Gasteiger partial charge in [-0.3, -0.25) is 4.79 Å². The Bertz CT molecular complexity index is 900. The predicted octanol–water partition coefficient (Wildman–Crippen LogP) is 3.35. The summed E-state index contributed by atoms with van der Waals surface area (Å²) in [5.41, 5.74) is 1.05. The summed E-state index contributed by atoms with van der Waals surface area (Å²) in [4.78, 5) is 16.1. The van der Waals surface area contributed by atoms with Gasteiger partial charge in [0.05, 0.1) is 15.5 Å². The van der Waals surface area contributed by atoms with Crippen molar-refractivity contribution >= 4 is 39.1 Å². The van der Waals surface area contributed by atoms with E-state index in [1.807, 2.05) is 0 Å². The first-order valence-corrected chi connectivity index (χ1v) is 9.98. The molecule has 2 aromatic rings. The molecule has 0 saturated heterocycles. The summed E-state index contributed by atoms with van der Waals surface area (Å²) in [6, 6.07) is 7.66. The molecule has 1 amide bonds. The highest BCUT2D eigenvalue weighted by Crippen LogP contribution is 2.20.